The van der Waals surface area contributed by atoms with E-state index in [1.54, 1.807) is 32.0 Å². The van der Waals surface area contributed by atoms with Crippen LogP contribution in [0.5, 0.6) is 0 Å². The van der Waals surface area contributed by atoms with Crippen LogP contribution in [0.2, 0.25) is 0 Å². The summed E-state index contributed by atoms with van der Waals surface area (Å²) in [6.07, 6.45) is -11.9. The number of benzene rings is 2. The number of hydrogen-bond acceptors (Lipinski definition) is 3. The molecule has 160 valence electrons. The minimum Gasteiger partial charge on any atom is -0.294 e. The Bertz CT molecular complexity index is 956. The number of carbonyl (C=O) groups is 2. The Balaban J connectivity index is 2.33. The molecule has 0 aromatic heterocycles. The number of rotatable bonds is 6. The van der Waals surface area contributed by atoms with E-state index in [1.807, 2.05) is 0 Å². The summed E-state index contributed by atoms with van der Waals surface area (Å²) in [6, 6.07) is 6.19. The minimum absolute atomic E-state index is 0.165. The van der Waals surface area contributed by atoms with Gasteiger partial charge in [-0.2, -0.15) is 26.3 Å². The molecular weight excluding hydrogens is 433 g/mol. The number of hydrogen-bond donors (Lipinski definition) is 0. The van der Waals surface area contributed by atoms with Crippen molar-refractivity contribution in [3.05, 3.63) is 69.8 Å². The van der Waals surface area contributed by atoms with Crippen LogP contribution in [-0.4, -0.2) is 17.5 Å². The molecule has 30 heavy (non-hydrogen) atoms. The lowest BCUT2D eigenvalue weighted by Gasteiger charge is -2.17. The molecule has 0 bridgehead atoms. The molecule has 0 aliphatic rings. The smallest absolute Gasteiger partial charge is 0.294 e. The van der Waals surface area contributed by atoms with E-state index < -0.39 is 60.7 Å². The lowest BCUT2D eigenvalue weighted by Crippen LogP contribution is -2.20. The fourth-order valence-corrected chi connectivity index (χ4v) is 4.24. The number of halogens is 6. The summed E-state index contributed by atoms with van der Waals surface area (Å²) in [5.41, 5.74) is -4.56. The van der Waals surface area contributed by atoms with Crippen molar-refractivity contribution in [1.29, 1.82) is 0 Å². The standard InChI is InChI=1S/C20H16F6O3P/c1-11-5-3-6-12(2)16(11)18(28)30(29)10-9-15(27)17-13(19(21,22)23)7-4-8-14(17)20(24,25)26/h3-8H,9-10H2,1-2H3/q+1. The quantitative estimate of drug-likeness (QED) is 0.284. The highest BCUT2D eigenvalue weighted by Crippen LogP contribution is 2.40. The van der Waals surface area contributed by atoms with Gasteiger partial charge in [0.15, 0.2) is 11.9 Å². The first-order chi connectivity index (χ1) is 13.7. The van der Waals surface area contributed by atoms with E-state index in [-0.39, 0.29) is 5.56 Å². The van der Waals surface area contributed by atoms with E-state index in [9.17, 15) is 40.5 Å². The maximum atomic E-state index is 13.2. The van der Waals surface area contributed by atoms with Crippen molar-refractivity contribution < 1.29 is 40.5 Å². The van der Waals surface area contributed by atoms with Gasteiger partial charge in [0.25, 0.3) is 0 Å². The summed E-state index contributed by atoms with van der Waals surface area (Å²) < 4.78 is 91.4. The molecule has 0 aliphatic heterocycles. The van der Waals surface area contributed by atoms with Gasteiger partial charge < -0.3 is 0 Å². The van der Waals surface area contributed by atoms with Gasteiger partial charge in [-0.3, -0.25) is 4.79 Å². The number of aryl methyl sites for hydroxylation is 2. The average molecular weight is 449 g/mol. The second kappa shape index (κ2) is 8.68. The van der Waals surface area contributed by atoms with Crippen LogP contribution in [0.25, 0.3) is 0 Å². The minimum atomic E-state index is -5.19. The second-order valence-electron chi connectivity index (χ2n) is 6.57. The van der Waals surface area contributed by atoms with Crippen molar-refractivity contribution in [3.8, 4) is 0 Å². The highest BCUT2D eigenvalue weighted by atomic mass is 31.1. The lowest BCUT2D eigenvalue weighted by molar-refractivity contribution is -0.143. The van der Waals surface area contributed by atoms with Crippen molar-refractivity contribution in [2.45, 2.75) is 32.6 Å². The van der Waals surface area contributed by atoms with Gasteiger partial charge in [0, 0.05) is 5.56 Å². The maximum Gasteiger partial charge on any atom is 0.420 e. The van der Waals surface area contributed by atoms with Crippen molar-refractivity contribution in [2.75, 3.05) is 6.16 Å². The molecule has 0 aliphatic carbocycles. The third-order valence-corrected chi connectivity index (χ3v) is 5.72. The Morgan fingerprint density at radius 2 is 1.23 bits per heavy atom. The molecule has 10 heteroatoms. The maximum absolute atomic E-state index is 13.2. The first-order valence-corrected chi connectivity index (χ1v) is 10.1. The summed E-state index contributed by atoms with van der Waals surface area (Å²) in [5, 5.41) is 0. The molecule has 1 atom stereocenters. The van der Waals surface area contributed by atoms with Crippen LogP contribution in [0, 0.1) is 13.8 Å². The highest BCUT2D eigenvalue weighted by Gasteiger charge is 2.43. The number of alkyl halides is 6. The largest absolute Gasteiger partial charge is 0.420 e. The first-order valence-electron chi connectivity index (χ1n) is 8.61. The fraction of sp³-hybridized carbons (Fsp3) is 0.300. The molecule has 0 saturated heterocycles. The van der Waals surface area contributed by atoms with Gasteiger partial charge in [0.1, 0.15) is 0 Å². The second-order valence-corrected chi connectivity index (χ2v) is 8.18. The van der Waals surface area contributed by atoms with Crippen molar-refractivity contribution >= 4 is 19.1 Å². The van der Waals surface area contributed by atoms with Crippen LogP contribution in [0.4, 0.5) is 26.3 Å². The zero-order valence-electron chi connectivity index (χ0n) is 15.8. The fourth-order valence-electron chi connectivity index (χ4n) is 3.03. The van der Waals surface area contributed by atoms with Crippen molar-refractivity contribution in [1.82, 2.24) is 0 Å². The molecule has 2 aromatic rings. The Morgan fingerprint density at radius 1 is 0.800 bits per heavy atom. The van der Waals surface area contributed by atoms with E-state index in [4.69, 9.17) is 0 Å². The number of Topliss-reactive ketones (excluding diaryl/α,β-unsaturated/α-hetero) is 1. The molecule has 0 amide bonds. The Morgan fingerprint density at radius 3 is 1.67 bits per heavy atom. The Labute approximate surface area is 168 Å². The van der Waals surface area contributed by atoms with E-state index in [0.29, 0.717) is 29.3 Å². The van der Waals surface area contributed by atoms with E-state index in [2.05, 4.69) is 0 Å². The zero-order chi connectivity index (χ0) is 22.9. The predicted octanol–water partition coefficient (Wildman–Crippen LogP) is 6.58. The molecule has 0 fully saturated rings. The van der Waals surface area contributed by atoms with Crippen LogP contribution in [0.3, 0.4) is 0 Å². The monoisotopic (exact) mass is 449 g/mol. The molecule has 0 N–H and O–H groups in total. The molecule has 0 radical (unpaired) electrons. The van der Waals surface area contributed by atoms with Crippen LogP contribution < -0.4 is 0 Å². The van der Waals surface area contributed by atoms with E-state index >= 15 is 0 Å². The Kier molecular flexibility index (Phi) is 6.87. The zero-order valence-corrected chi connectivity index (χ0v) is 16.7. The van der Waals surface area contributed by atoms with Gasteiger partial charge in [0.2, 0.25) is 0 Å². The molecule has 2 aromatic carbocycles. The lowest BCUT2D eigenvalue weighted by atomic mass is 9.95. The van der Waals surface area contributed by atoms with E-state index in [0.717, 1.165) is 0 Å². The summed E-state index contributed by atoms with van der Waals surface area (Å²) in [4.78, 5) is 24.8. The summed E-state index contributed by atoms with van der Waals surface area (Å²) in [5.74, 6) is -1.48. The molecule has 2 rings (SSSR count). The molecule has 3 nitrogen and oxygen atoms in total. The molecule has 0 spiro atoms. The van der Waals surface area contributed by atoms with Gasteiger partial charge in [-0.25, -0.2) is 4.79 Å². The molecule has 0 heterocycles. The highest BCUT2D eigenvalue weighted by molar-refractivity contribution is 7.64. The van der Waals surface area contributed by atoms with Gasteiger partial charge in [0.05, 0.1) is 23.1 Å². The van der Waals surface area contributed by atoms with Crippen LogP contribution in [-0.2, 0) is 16.9 Å². The molecule has 0 saturated carbocycles. The summed E-state index contributed by atoms with van der Waals surface area (Å²) in [7, 11) is -2.72. The number of carbonyl (C=O) groups excluding carboxylic acids is 2. The Hall–Kier alpha value is -2.54. The third-order valence-electron chi connectivity index (χ3n) is 4.42. The van der Waals surface area contributed by atoms with Gasteiger partial charge in [-0.05, 0) is 37.1 Å². The average Bonchev–Trinajstić information content (AvgIpc) is 2.63. The predicted molar refractivity (Wildman–Crippen MR) is 98.1 cm³/mol. The van der Waals surface area contributed by atoms with Gasteiger partial charge >= 0.3 is 25.7 Å². The first kappa shape index (κ1) is 23.7. The SMILES string of the molecule is Cc1cccc(C)c1C(=O)[P+](=O)CCC(=O)c1c(C(F)(F)F)cccc1C(F)(F)F. The molecular formula is C20H16F6O3P+. The summed E-state index contributed by atoms with van der Waals surface area (Å²) in [6.45, 7) is 3.20. The third kappa shape index (κ3) is 5.14. The van der Waals surface area contributed by atoms with E-state index in [1.165, 1.54) is 0 Å². The van der Waals surface area contributed by atoms with Crippen molar-refractivity contribution in [3.63, 3.8) is 0 Å². The topological polar surface area (TPSA) is 51.2 Å². The molecule has 1 unspecified atom stereocenters. The van der Waals surface area contributed by atoms with Crippen LogP contribution >= 0.6 is 7.80 Å². The van der Waals surface area contributed by atoms with Crippen molar-refractivity contribution in [2.24, 2.45) is 0 Å². The van der Waals surface area contributed by atoms with Crippen LogP contribution in [0.1, 0.15) is 49.4 Å². The van der Waals surface area contributed by atoms with Crippen LogP contribution in [0.15, 0.2) is 36.4 Å². The summed E-state index contributed by atoms with van der Waals surface area (Å²) >= 11 is 0. The normalized spacial score (nSPS) is 12.6. The number of ketones is 1. The van der Waals surface area contributed by atoms with Gasteiger partial charge in [-0.1, -0.05) is 28.8 Å². The van der Waals surface area contributed by atoms with Gasteiger partial charge in [-0.15, -0.1) is 0 Å².